The summed E-state index contributed by atoms with van der Waals surface area (Å²) in [5.74, 6) is -0.627. The van der Waals surface area contributed by atoms with E-state index in [1.54, 1.807) is 42.5 Å². The number of benzene rings is 2. The fourth-order valence-electron chi connectivity index (χ4n) is 1.82. The van der Waals surface area contributed by atoms with Crippen LogP contribution in [-0.4, -0.2) is 28.0 Å². The fraction of sp³-hybridized carbons (Fsp3) is 0.133. The smallest absolute Gasteiger partial charge is 0.326 e. The minimum atomic E-state index is -3.84. The minimum absolute atomic E-state index is 0.123. The molecule has 5 nitrogen and oxygen atoms in total. The molecule has 0 heterocycles. The van der Waals surface area contributed by atoms with Crippen molar-refractivity contribution >= 4 is 44.3 Å². The summed E-state index contributed by atoms with van der Waals surface area (Å²) in [5.41, 5.74) is 0.412. The van der Waals surface area contributed by atoms with Gasteiger partial charge < -0.3 is 4.74 Å². The molecular formula is C15H14INO4S. The van der Waals surface area contributed by atoms with Crippen LogP contribution in [0.3, 0.4) is 0 Å². The van der Waals surface area contributed by atoms with Crippen LogP contribution in [0.1, 0.15) is 0 Å². The van der Waals surface area contributed by atoms with E-state index in [1.807, 2.05) is 0 Å². The van der Waals surface area contributed by atoms with Gasteiger partial charge in [-0.25, -0.2) is 8.42 Å². The maximum Gasteiger partial charge on any atom is 0.326 e. The average molecular weight is 431 g/mol. The molecule has 0 aliphatic carbocycles. The van der Waals surface area contributed by atoms with Crippen molar-refractivity contribution < 1.29 is 17.9 Å². The first kappa shape index (κ1) is 16.8. The Kier molecular flexibility index (Phi) is 5.41. The molecule has 0 spiro atoms. The van der Waals surface area contributed by atoms with E-state index < -0.39 is 16.0 Å². The summed E-state index contributed by atoms with van der Waals surface area (Å²) >= 11 is 2.13. The number of halogens is 1. The molecular weight excluding hydrogens is 417 g/mol. The van der Waals surface area contributed by atoms with Gasteiger partial charge in [-0.3, -0.25) is 9.10 Å². The van der Waals surface area contributed by atoms with E-state index in [1.165, 1.54) is 19.2 Å². The molecule has 0 fully saturated rings. The van der Waals surface area contributed by atoms with Crippen molar-refractivity contribution in [3.63, 3.8) is 0 Å². The van der Waals surface area contributed by atoms with E-state index in [4.69, 9.17) is 0 Å². The standard InChI is InChI=1S/C15H14INO4S/c1-21-15(18)11-17(13-9-7-12(16)8-10-13)22(19,20)14-5-3-2-4-6-14/h2-10H,11H2,1H3. The van der Waals surface area contributed by atoms with E-state index in [0.29, 0.717) is 5.69 Å². The van der Waals surface area contributed by atoms with Crippen LogP contribution in [0.15, 0.2) is 59.5 Å². The van der Waals surface area contributed by atoms with E-state index in [9.17, 15) is 13.2 Å². The van der Waals surface area contributed by atoms with Crippen LogP contribution in [0.25, 0.3) is 0 Å². The maximum atomic E-state index is 12.8. The maximum absolute atomic E-state index is 12.8. The molecule has 0 bridgehead atoms. The summed E-state index contributed by atoms with van der Waals surface area (Å²) < 4.78 is 32.2. The molecule has 0 saturated carbocycles. The fourth-order valence-corrected chi connectivity index (χ4v) is 3.61. The third-order valence-corrected chi connectivity index (χ3v) is 5.45. The number of hydrogen-bond donors (Lipinski definition) is 0. The molecule has 2 aromatic rings. The Labute approximate surface area is 143 Å². The van der Waals surface area contributed by atoms with E-state index in [2.05, 4.69) is 27.3 Å². The summed E-state index contributed by atoms with van der Waals surface area (Å²) in [7, 11) is -2.62. The quantitative estimate of drug-likeness (QED) is 0.540. The summed E-state index contributed by atoms with van der Waals surface area (Å²) in [6, 6.07) is 14.9. The van der Waals surface area contributed by atoms with Gasteiger partial charge in [0.25, 0.3) is 10.0 Å². The first-order chi connectivity index (χ1) is 10.4. The van der Waals surface area contributed by atoms with E-state index in [-0.39, 0.29) is 11.4 Å². The Morgan fingerprint density at radius 1 is 1.09 bits per heavy atom. The number of anilines is 1. The summed E-state index contributed by atoms with van der Waals surface area (Å²) in [6.07, 6.45) is 0. The normalized spacial score (nSPS) is 11.0. The first-order valence-electron chi connectivity index (χ1n) is 6.35. The Morgan fingerprint density at radius 2 is 1.68 bits per heavy atom. The zero-order valence-corrected chi connectivity index (χ0v) is 14.7. The molecule has 7 heteroatoms. The van der Waals surface area contributed by atoms with Crippen molar-refractivity contribution in [2.24, 2.45) is 0 Å². The van der Waals surface area contributed by atoms with Gasteiger partial charge in [0.2, 0.25) is 0 Å². The Hall–Kier alpha value is -1.61. The summed E-state index contributed by atoms with van der Waals surface area (Å²) in [6.45, 7) is -0.381. The molecule has 0 N–H and O–H groups in total. The second-order valence-electron chi connectivity index (χ2n) is 4.38. The number of rotatable bonds is 5. The Bertz CT molecular complexity index is 745. The highest BCUT2D eigenvalue weighted by molar-refractivity contribution is 14.1. The predicted octanol–water partition coefficient (Wildman–Crippen LogP) is 2.66. The monoisotopic (exact) mass is 431 g/mol. The number of ether oxygens (including phenoxy) is 1. The highest BCUT2D eigenvalue weighted by Crippen LogP contribution is 2.24. The number of methoxy groups -OCH3 is 1. The highest BCUT2D eigenvalue weighted by atomic mass is 127. The van der Waals surface area contributed by atoms with Gasteiger partial charge in [0.1, 0.15) is 6.54 Å². The SMILES string of the molecule is COC(=O)CN(c1ccc(I)cc1)S(=O)(=O)c1ccccc1. The van der Waals surface area contributed by atoms with Crippen LogP contribution in [-0.2, 0) is 19.6 Å². The summed E-state index contributed by atoms with van der Waals surface area (Å²) in [5, 5.41) is 0. The molecule has 0 unspecified atom stereocenters. The molecule has 2 rings (SSSR count). The van der Waals surface area contributed by atoms with Gasteiger partial charge in [0, 0.05) is 3.57 Å². The average Bonchev–Trinajstić information content (AvgIpc) is 2.54. The van der Waals surface area contributed by atoms with Crippen LogP contribution in [0.5, 0.6) is 0 Å². The van der Waals surface area contributed by atoms with Crippen LogP contribution < -0.4 is 4.31 Å². The zero-order chi connectivity index (χ0) is 16.2. The molecule has 0 aliphatic heterocycles. The number of hydrogen-bond acceptors (Lipinski definition) is 4. The minimum Gasteiger partial charge on any atom is -0.468 e. The summed E-state index contributed by atoms with van der Waals surface area (Å²) in [4.78, 5) is 11.7. The lowest BCUT2D eigenvalue weighted by atomic mass is 10.3. The van der Waals surface area contributed by atoms with Crippen molar-refractivity contribution in [2.45, 2.75) is 4.90 Å². The van der Waals surface area contributed by atoms with Crippen molar-refractivity contribution in [2.75, 3.05) is 18.0 Å². The molecule has 0 radical (unpaired) electrons. The lowest BCUT2D eigenvalue weighted by Gasteiger charge is -2.23. The van der Waals surface area contributed by atoms with Crippen molar-refractivity contribution in [3.8, 4) is 0 Å². The molecule has 0 saturated heterocycles. The molecule has 0 aliphatic rings. The van der Waals surface area contributed by atoms with Gasteiger partial charge in [-0.1, -0.05) is 18.2 Å². The van der Waals surface area contributed by atoms with Gasteiger partial charge in [0.15, 0.2) is 0 Å². The van der Waals surface area contributed by atoms with E-state index >= 15 is 0 Å². The number of sulfonamides is 1. The largest absolute Gasteiger partial charge is 0.468 e. The number of nitrogens with zero attached hydrogens (tertiary/aromatic N) is 1. The Morgan fingerprint density at radius 3 is 2.23 bits per heavy atom. The first-order valence-corrected chi connectivity index (χ1v) is 8.87. The molecule has 2 aromatic carbocycles. The van der Waals surface area contributed by atoms with Crippen LogP contribution in [0.4, 0.5) is 5.69 Å². The lowest BCUT2D eigenvalue weighted by Crippen LogP contribution is -2.36. The van der Waals surface area contributed by atoms with Crippen LogP contribution in [0.2, 0.25) is 0 Å². The molecule has 22 heavy (non-hydrogen) atoms. The molecule has 0 amide bonds. The molecule has 116 valence electrons. The second kappa shape index (κ2) is 7.10. The van der Waals surface area contributed by atoms with Gasteiger partial charge >= 0.3 is 5.97 Å². The van der Waals surface area contributed by atoms with Gasteiger partial charge in [0.05, 0.1) is 17.7 Å². The molecule has 0 aromatic heterocycles. The van der Waals surface area contributed by atoms with Gasteiger partial charge in [-0.2, -0.15) is 0 Å². The predicted molar refractivity (Wildman–Crippen MR) is 92.1 cm³/mol. The number of carbonyl (C=O) groups is 1. The topological polar surface area (TPSA) is 63.7 Å². The van der Waals surface area contributed by atoms with Gasteiger partial charge in [-0.05, 0) is 59.0 Å². The van der Waals surface area contributed by atoms with Gasteiger partial charge in [-0.15, -0.1) is 0 Å². The lowest BCUT2D eigenvalue weighted by molar-refractivity contribution is -0.138. The zero-order valence-electron chi connectivity index (χ0n) is 11.8. The Balaban J connectivity index is 2.48. The van der Waals surface area contributed by atoms with Crippen molar-refractivity contribution in [1.82, 2.24) is 0 Å². The number of carbonyl (C=O) groups excluding carboxylic acids is 1. The van der Waals surface area contributed by atoms with Crippen LogP contribution in [0, 0.1) is 3.57 Å². The second-order valence-corrected chi connectivity index (χ2v) is 7.49. The van der Waals surface area contributed by atoms with E-state index in [0.717, 1.165) is 7.88 Å². The van der Waals surface area contributed by atoms with Crippen LogP contribution >= 0.6 is 22.6 Å². The van der Waals surface area contributed by atoms with Crippen molar-refractivity contribution in [1.29, 1.82) is 0 Å². The number of esters is 1. The van der Waals surface area contributed by atoms with Crippen molar-refractivity contribution in [3.05, 3.63) is 58.2 Å². The molecule has 0 atom stereocenters. The third-order valence-electron chi connectivity index (χ3n) is 2.95. The highest BCUT2D eigenvalue weighted by Gasteiger charge is 2.27. The third kappa shape index (κ3) is 3.77.